The van der Waals surface area contributed by atoms with Crippen LogP contribution in [0, 0.1) is 0 Å². The predicted octanol–water partition coefficient (Wildman–Crippen LogP) is 3.14. The first-order chi connectivity index (χ1) is 9.79. The number of thiol groups is 1. The highest BCUT2D eigenvalue weighted by Crippen LogP contribution is 2.38. The number of hydrogen-bond donors (Lipinski definition) is 1. The lowest BCUT2D eigenvalue weighted by Crippen LogP contribution is -2.41. The highest BCUT2D eigenvalue weighted by atomic mass is 32.2. The van der Waals surface area contributed by atoms with Gasteiger partial charge in [0.05, 0.1) is 11.2 Å². The Morgan fingerprint density at radius 2 is 1.76 bits per heavy atom. The van der Waals surface area contributed by atoms with Crippen molar-refractivity contribution < 1.29 is 9.31 Å². The van der Waals surface area contributed by atoms with E-state index < -0.39 is 0 Å². The Morgan fingerprint density at radius 1 is 1.24 bits per heavy atom. The third-order valence-corrected chi connectivity index (χ3v) is 4.86. The van der Waals surface area contributed by atoms with E-state index in [-0.39, 0.29) is 18.3 Å². The molecule has 114 valence electrons. The highest BCUT2D eigenvalue weighted by molar-refractivity contribution is 7.98. The Morgan fingerprint density at radius 3 is 2.19 bits per heavy atom. The minimum absolute atomic E-state index is 0.348. The van der Waals surface area contributed by atoms with Gasteiger partial charge in [0.1, 0.15) is 0 Å². The van der Waals surface area contributed by atoms with Gasteiger partial charge in [-0.3, -0.25) is 0 Å². The molecular formula is C14H21BN2O2S2. The van der Waals surface area contributed by atoms with Crippen LogP contribution in [-0.4, -0.2) is 40.3 Å². The third kappa shape index (κ3) is 3.64. The Kier molecular flexibility index (Phi) is 5.08. The molecule has 1 saturated heterocycles. The van der Waals surface area contributed by atoms with E-state index in [0.717, 1.165) is 16.2 Å². The molecule has 0 bridgehead atoms. The first kappa shape index (κ1) is 16.9. The van der Waals surface area contributed by atoms with Gasteiger partial charge < -0.3 is 9.31 Å². The summed E-state index contributed by atoms with van der Waals surface area (Å²) in [7, 11) is -0.382. The van der Waals surface area contributed by atoms with E-state index in [2.05, 4.69) is 22.6 Å². The van der Waals surface area contributed by atoms with Gasteiger partial charge in [0, 0.05) is 23.7 Å². The van der Waals surface area contributed by atoms with E-state index >= 15 is 0 Å². The molecule has 0 amide bonds. The quantitative estimate of drug-likeness (QED) is 0.399. The molecule has 0 unspecified atom stereocenters. The average Bonchev–Trinajstić information content (AvgIpc) is 2.65. The molecular weight excluding hydrogens is 303 g/mol. The lowest BCUT2D eigenvalue weighted by atomic mass is 9.78. The fraction of sp³-hybridized carbons (Fsp3) is 0.571. The van der Waals surface area contributed by atoms with Crippen molar-refractivity contribution in [2.45, 2.75) is 44.1 Å². The molecule has 0 spiro atoms. The summed E-state index contributed by atoms with van der Waals surface area (Å²) in [5.74, 6) is 0.557. The van der Waals surface area contributed by atoms with E-state index in [1.807, 2.05) is 40.0 Å². The van der Waals surface area contributed by atoms with Crippen LogP contribution < -0.4 is 0 Å². The van der Waals surface area contributed by atoms with E-state index in [1.54, 1.807) is 12.4 Å². The van der Waals surface area contributed by atoms with E-state index in [9.17, 15) is 0 Å². The van der Waals surface area contributed by atoms with Gasteiger partial charge in [-0.15, -0.1) is 0 Å². The van der Waals surface area contributed by atoms with Crippen molar-refractivity contribution in [2.75, 3.05) is 12.0 Å². The molecule has 0 atom stereocenters. The van der Waals surface area contributed by atoms with Gasteiger partial charge in [0.2, 0.25) is 0 Å². The number of nitrogens with zero attached hydrogens (tertiary/aromatic N) is 2. The first-order valence-electron chi connectivity index (χ1n) is 6.82. The standard InChI is InChI=1S/C14H21BN2O2S2/c1-13(2)14(3,4)19-15(18-13)11(9-20)6-10-7-16-12(21-5)17-8-10/h6-8,20H,9H2,1-5H3. The largest absolute Gasteiger partial charge is 0.491 e. The second-order valence-electron chi connectivity index (χ2n) is 5.97. The molecule has 7 heteroatoms. The molecule has 1 fully saturated rings. The molecule has 21 heavy (non-hydrogen) atoms. The number of thioether (sulfide) groups is 1. The van der Waals surface area contributed by atoms with Crippen molar-refractivity contribution in [3.63, 3.8) is 0 Å². The van der Waals surface area contributed by atoms with Gasteiger partial charge in [0.25, 0.3) is 0 Å². The lowest BCUT2D eigenvalue weighted by Gasteiger charge is -2.32. The third-order valence-electron chi connectivity index (χ3n) is 3.92. The van der Waals surface area contributed by atoms with Gasteiger partial charge in [-0.2, -0.15) is 12.6 Å². The van der Waals surface area contributed by atoms with E-state index in [0.29, 0.717) is 5.75 Å². The average molecular weight is 324 g/mol. The Bertz CT molecular complexity index is 516. The molecule has 0 radical (unpaired) electrons. The molecule has 0 aromatic carbocycles. The maximum absolute atomic E-state index is 6.05. The zero-order valence-electron chi connectivity index (χ0n) is 13.1. The summed E-state index contributed by atoms with van der Waals surface area (Å²) < 4.78 is 12.1. The Balaban J connectivity index is 2.22. The molecule has 1 aliphatic heterocycles. The van der Waals surface area contributed by atoms with Gasteiger partial charge in [0.15, 0.2) is 5.16 Å². The molecule has 1 aromatic heterocycles. The van der Waals surface area contributed by atoms with Crippen molar-refractivity contribution in [3.05, 3.63) is 23.4 Å². The summed E-state index contributed by atoms with van der Waals surface area (Å²) in [5.41, 5.74) is 1.20. The maximum atomic E-state index is 6.05. The van der Waals surface area contributed by atoms with Crippen LogP contribution in [0.2, 0.25) is 0 Å². The highest BCUT2D eigenvalue weighted by Gasteiger charge is 2.52. The number of aromatic nitrogens is 2. The monoisotopic (exact) mass is 324 g/mol. The fourth-order valence-electron chi connectivity index (χ4n) is 1.90. The summed E-state index contributed by atoms with van der Waals surface area (Å²) in [5, 5.41) is 0.759. The van der Waals surface area contributed by atoms with Crippen molar-refractivity contribution >= 4 is 37.6 Å². The zero-order chi connectivity index (χ0) is 15.7. The summed E-state index contributed by atoms with van der Waals surface area (Å²) in [6.07, 6.45) is 7.54. The van der Waals surface area contributed by atoms with Crippen LogP contribution in [0.15, 0.2) is 23.0 Å². The van der Waals surface area contributed by atoms with Gasteiger partial charge in [-0.05, 0) is 39.4 Å². The van der Waals surface area contributed by atoms with Gasteiger partial charge in [-0.25, -0.2) is 9.97 Å². The molecule has 0 aliphatic carbocycles. The number of hydrogen-bond acceptors (Lipinski definition) is 6. The van der Waals surface area contributed by atoms with Gasteiger partial charge in [-0.1, -0.05) is 17.8 Å². The smallest absolute Gasteiger partial charge is 0.400 e. The second kappa shape index (κ2) is 6.32. The zero-order valence-corrected chi connectivity index (χ0v) is 14.8. The molecule has 1 aromatic rings. The van der Waals surface area contributed by atoms with Crippen LogP contribution >= 0.6 is 24.4 Å². The van der Waals surface area contributed by atoms with E-state index in [1.165, 1.54) is 11.8 Å². The molecule has 2 heterocycles. The van der Waals surface area contributed by atoms with Crippen LogP contribution in [0.1, 0.15) is 33.3 Å². The minimum atomic E-state index is -0.382. The van der Waals surface area contributed by atoms with Crippen LogP contribution in [-0.2, 0) is 9.31 Å². The summed E-state index contributed by atoms with van der Waals surface area (Å²) >= 11 is 5.92. The van der Waals surface area contributed by atoms with E-state index in [4.69, 9.17) is 9.31 Å². The van der Waals surface area contributed by atoms with Crippen molar-refractivity contribution in [3.8, 4) is 0 Å². The maximum Gasteiger partial charge on any atom is 0.491 e. The van der Waals surface area contributed by atoms with Crippen LogP contribution in [0.5, 0.6) is 0 Å². The molecule has 0 N–H and O–H groups in total. The minimum Gasteiger partial charge on any atom is -0.400 e. The number of rotatable bonds is 4. The fourth-order valence-corrected chi connectivity index (χ4v) is 2.46. The summed E-state index contributed by atoms with van der Waals surface area (Å²) in [4.78, 5) is 8.54. The van der Waals surface area contributed by atoms with Crippen molar-refractivity contribution in [1.82, 2.24) is 9.97 Å². The predicted molar refractivity (Wildman–Crippen MR) is 91.7 cm³/mol. The summed E-state index contributed by atoms with van der Waals surface area (Å²) in [6.45, 7) is 8.16. The molecule has 1 aliphatic rings. The molecule has 0 saturated carbocycles. The normalized spacial score (nSPS) is 20.9. The van der Waals surface area contributed by atoms with Crippen molar-refractivity contribution in [1.29, 1.82) is 0 Å². The topological polar surface area (TPSA) is 44.2 Å². The van der Waals surface area contributed by atoms with Crippen molar-refractivity contribution in [2.24, 2.45) is 0 Å². The lowest BCUT2D eigenvalue weighted by molar-refractivity contribution is 0.00578. The van der Waals surface area contributed by atoms with Crippen LogP contribution in [0.25, 0.3) is 6.08 Å². The Hall–Kier alpha value is -0.495. The SMILES string of the molecule is CSc1ncc(C=C(CS)B2OC(C)(C)C(C)(C)O2)cn1. The second-order valence-corrected chi connectivity index (χ2v) is 7.06. The summed E-state index contributed by atoms with van der Waals surface area (Å²) in [6, 6.07) is 0. The first-order valence-corrected chi connectivity index (χ1v) is 8.68. The molecule has 4 nitrogen and oxygen atoms in total. The van der Waals surface area contributed by atoms with Crippen LogP contribution in [0.3, 0.4) is 0 Å². The van der Waals surface area contributed by atoms with Gasteiger partial charge >= 0.3 is 7.12 Å². The van der Waals surface area contributed by atoms with Crippen LogP contribution in [0.4, 0.5) is 0 Å². The Labute approximate surface area is 136 Å². The molecule has 2 rings (SSSR count).